The Kier molecular flexibility index (Phi) is 6.69. The smallest absolute Gasteiger partial charge is 0.255 e. The molecular formula is C29H33N3O5. The number of carbonyl (C=O) groups is 3. The maximum atomic E-state index is 13.0. The minimum absolute atomic E-state index is 0.102. The number of likely N-dealkylation sites (tertiary alicyclic amines) is 1. The summed E-state index contributed by atoms with van der Waals surface area (Å²) < 4.78 is 12.6. The minimum atomic E-state index is -0.604. The summed E-state index contributed by atoms with van der Waals surface area (Å²) in [4.78, 5) is 40.9. The van der Waals surface area contributed by atoms with Gasteiger partial charge in [-0.3, -0.25) is 24.6 Å². The molecule has 37 heavy (non-hydrogen) atoms. The Morgan fingerprint density at radius 2 is 1.76 bits per heavy atom. The van der Waals surface area contributed by atoms with Gasteiger partial charge in [-0.1, -0.05) is 36.8 Å². The number of hydrogen-bond acceptors (Lipinski definition) is 6. The van der Waals surface area contributed by atoms with Crippen molar-refractivity contribution in [3.8, 4) is 5.75 Å². The highest BCUT2D eigenvalue weighted by Gasteiger charge is 2.41. The lowest BCUT2D eigenvalue weighted by Crippen LogP contribution is -2.61. The molecule has 2 unspecified atom stereocenters. The van der Waals surface area contributed by atoms with Gasteiger partial charge in [0.1, 0.15) is 17.9 Å². The maximum absolute atomic E-state index is 13.0. The van der Waals surface area contributed by atoms with Gasteiger partial charge in [0.05, 0.1) is 12.7 Å². The molecule has 0 bridgehead atoms. The third kappa shape index (κ3) is 5.00. The molecular weight excluding hydrogens is 470 g/mol. The molecule has 3 amide bonds. The molecule has 3 aliphatic heterocycles. The predicted molar refractivity (Wildman–Crippen MR) is 136 cm³/mol. The number of nitrogens with one attached hydrogen (secondary N) is 1. The van der Waals surface area contributed by atoms with E-state index < -0.39 is 6.04 Å². The molecule has 1 N–H and O–H groups in total. The molecule has 2 aromatic carbocycles. The summed E-state index contributed by atoms with van der Waals surface area (Å²) in [7, 11) is 0. The van der Waals surface area contributed by atoms with E-state index in [1.54, 1.807) is 4.90 Å². The van der Waals surface area contributed by atoms with E-state index in [-0.39, 0.29) is 36.4 Å². The van der Waals surface area contributed by atoms with Crippen LogP contribution in [0.4, 0.5) is 0 Å². The normalized spacial score (nSPS) is 26.5. The average molecular weight is 504 g/mol. The summed E-state index contributed by atoms with van der Waals surface area (Å²) in [5.74, 6) is -0.0568. The zero-order valence-corrected chi connectivity index (χ0v) is 20.9. The van der Waals surface area contributed by atoms with Crippen LogP contribution < -0.4 is 10.1 Å². The second kappa shape index (κ2) is 10.3. The monoisotopic (exact) mass is 503 g/mol. The first-order valence-corrected chi connectivity index (χ1v) is 13.4. The number of benzene rings is 2. The van der Waals surface area contributed by atoms with Crippen LogP contribution in [0.5, 0.6) is 5.75 Å². The topological polar surface area (TPSA) is 88.2 Å². The zero-order chi connectivity index (χ0) is 25.4. The lowest BCUT2D eigenvalue weighted by Gasteiger charge is -2.48. The fraction of sp³-hybridized carbons (Fsp3) is 0.483. The van der Waals surface area contributed by atoms with Gasteiger partial charge in [0.25, 0.3) is 5.91 Å². The van der Waals surface area contributed by atoms with Gasteiger partial charge < -0.3 is 14.4 Å². The highest BCUT2D eigenvalue weighted by Crippen LogP contribution is 2.34. The van der Waals surface area contributed by atoms with Crippen molar-refractivity contribution in [2.75, 3.05) is 13.1 Å². The van der Waals surface area contributed by atoms with Crippen LogP contribution >= 0.6 is 0 Å². The number of nitrogens with zero attached hydrogens (tertiary/aromatic N) is 2. The number of ether oxygens (including phenoxy) is 2. The molecule has 6 rings (SSSR count). The van der Waals surface area contributed by atoms with E-state index in [1.807, 2.05) is 36.4 Å². The average Bonchev–Trinajstić information content (AvgIpc) is 3.20. The van der Waals surface area contributed by atoms with Gasteiger partial charge in [0.15, 0.2) is 0 Å². The molecule has 0 aromatic heterocycles. The molecule has 2 saturated heterocycles. The summed E-state index contributed by atoms with van der Waals surface area (Å²) >= 11 is 0. The fourth-order valence-corrected chi connectivity index (χ4v) is 6.07. The number of fused-ring (bicyclic) bond motifs is 1. The number of amides is 3. The molecule has 3 atom stereocenters. The van der Waals surface area contributed by atoms with Crippen molar-refractivity contribution in [1.82, 2.24) is 15.1 Å². The Hall–Kier alpha value is -3.23. The van der Waals surface area contributed by atoms with E-state index in [9.17, 15) is 14.4 Å². The van der Waals surface area contributed by atoms with Crippen molar-refractivity contribution >= 4 is 17.7 Å². The van der Waals surface area contributed by atoms with Gasteiger partial charge in [0.2, 0.25) is 11.8 Å². The first-order valence-electron chi connectivity index (χ1n) is 13.4. The van der Waals surface area contributed by atoms with Crippen LogP contribution in [0.2, 0.25) is 0 Å². The molecule has 3 heterocycles. The van der Waals surface area contributed by atoms with E-state index in [0.29, 0.717) is 31.2 Å². The molecule has 0 radical (unpaired) electrons. The standard InChI is InChI=1S/C29H33N3O5/c33-27-13-12-25(28(34)30-27)32-15-20-14-21(10-11-23(20)29(32)35)37-26-9-5-4-8-24(26)31-16-22(17-31)36-18-19-6-2-1-3-7-19/h1-3,6-7,10-11,14,22,24-26H,4-5,8-9,12-13,15-18H2,(H,30,33,34)/t24?,25?,26-/m1/s1. The van der Waals surface area contributed by atoms with E-state index in [0.717, 1.165) is 43.7 Å². The van der Waals surface area contributed by atoms with Gasteiger partial charge >= 0.3 is 0 Å². The highest BCUT2D eigenvalue weighted by atomic mass is 16.5. The number of rotatable bonds is 7. The SMILES string of the molecule is O=C1CCC(N2Cc3cc(O[C@@H]4CCCCC4N4CC(OCc5ccccc5)C4)ccc3C2=O)C(=O)N1. The summed E-state index contributed by atoms with van der Waals surface area (Å²) in [6.07, 6.45) is 5.45. The van der Waals surface area contributed by atoms with Crippen molar-refractivity contribution in [2.24, 2.45) is 0 Å². The van der Waals surface area contributed by atoms with Crippen molar-refractivity contribution in [2.45, 2.75) is 76.0 Å². The van der Waals surface area contributed by atoms with Crippen LogP contribution in [0.1, 0.15) is 60.0 Å². The Bertz CT molecular complexity index is 1180. The van der Waals surface area contributed by atoms with E-state index in [1.165, 1.54) is 12.0 Å². The van der Waals surface area contributed by atoms with E-state index >= 15 is 0 Å². The molecule has 1 saturated carbocycles. The molecule has 8 heteroatoms. The van der Waals surface area contributed by atoms with Gasteiger partial charge in [-0.25, -0.2) is 0 Å². The van der Waals surface area contributed by atoms with Crippen molar-refractivity contribution < 1.29 is 23.9 Å². The Morgan fingerprint density at radius 1 is 0.946 bits per heavy atom. The van der Waals surface area contributed by atoms with Crippen molar-refractivity contribution in [3.63, 3.8) is 0 Å². The first kappa shape index (κ1) is 24.1. The molecule has 1 aliphatic carbocycles. The molecule has 4 aliphatic rings. The van der Waals surface area contributed by atoms with Gasteiger partial charge in [-0.2, -0.15) is 0 Å². The van der Waals surface area contributed by atoms with Crippen molar-refractivity contribution in [3.05, 3.63) is 65.2 Å². The Balaban J connectivity index is 1.06. The number of imide groups is 1. The second-order valence-electron chi connectivity index (χ2n) is 10.6. The molecule has 194 valence electrons. The lowest BCUT2D eigenvalue weighted by molar-refractivity contribution is -0.136. The van der Waals surface area contributed by atoms with Crippen LogP contribution in [-0.2, 0) is 27.5 Å². The maximum Gasteiger partial charge on any atom is 0.255 e. The molecule has 8 nitrogen and oxygen atoms in total. The summed E-state index contributed by atoms with van der Waals surface area (Å²) in [6.45, 7) is 2.86. The number of piperidine rings is 1. The fourth-order valence-electron chi connectivity index (χ4n) is 6.07. The van der Waals surface area contributed by atoms with Crippen LogP contribution in [0, 0.1) is 0 Å². The van der Waals surface area contributed by atoms with Gasteiger partial charge in [-0.05, 0) is 55.0 Å². The first-order chi connectivity index (χ1) is 18.0. The predicted octanol–water partition coefficient (Wildman–Crippen LogP) is 3.04. The largest absolute Gasteiger partial charge is 0.489 e. The summed E-state index contributed by atoms with van der Waals surface area (Å²) in [5, 5.41) is 2.35. The quantitative estimate of drug-likeness (QED) is 0.585. The van der Waals surface area contributed by atoms with Gasteiger partial charge in [0, 0.05) is 37.7 Å². The zero-order valence-electron chi connectivity index (χ0n) is 20.9. The third-order valence-electron chi connectivity index (χ3n) is 8.12. The molecule has 0 spiro atoms. The Morgan fingerprint density at radius 3 is 2.57 bits per heavy atom. The lowest BCUT2D eigenvalue weighted by atomic mass is 9.89. The van der Waals surface area contributed by atoms with E-state index in [2.05, 4.69) is 22.3 Å². The van der Waals surface area contributed by atoms with Crippen LogP contribution in [0.25, 0.3) is 0 Å². The molecule has 3 fully saturated rings. The number of hydrogen-bond donors (Lipinski definition) is 1. The van der Waals surface area contributed by atoms with Crippen LogP contribution in [0.3, 0.4) is 0 Å². The third-order valence-corrected chi connectivity index (χ3v) is 8.12. The number of carbonyl (C=O) groups excluding carboxylic acids is 3. The highest BCUT2D eigenvalue weighted by molar-refractivity contribution is 6.05. The van der Waals surface area contributed by atoms with Crippen LogP contribution in [0.15, 0.2) is 48.5 Å². The van der Waals surface area contributed by atoms with E-state index in [4.69, 9.17) is 9.47 Å². The van der Waals surface area contributed by atoms with Crippen LogP contribution in [-0.4, -0.2) is 64.9 Å². The molecule has 2 aromatic rings. The summed E-state index contributed by atoms with van der Waals surface area (Å²) in [6, 6.07) is 15.7. The van der Waals surface area contributed by atoms with Crippen molar-refractivity contribution in [1.29, 1.82) is 0 Å². The second-order valence-corrected chi connectivity index (χ2v) is 10.6. The summed E-state index contributed by atoms with van der Waals surface area (Å²) in [5.41, 5.74) is 2.68. The van der Waals surface area contributed by atoms with Gasteiger partial charge in [-0.15, -0.1) is 0 Å². The Labute approximate surface area is 216 Å². The minimum Gasteiger partial charge on any atom is -0.489 e.